The van der Waals surface area contributed by atoms with E-state index in [2.05, 4.69) is 20.8 Å². The van der Waals surface area contributed by atoms with Crippen molar-refractivity contribution >= 4 is 6.21 Å². The molecule has 0 heterocycles. The molecule has 1 rings (SSSR count). The topological polar surface area (TPSA) is 33.1 Å². The van der Waals surface area contributed by atoms with Crippen molar-refractivity contribution < 1.29 is 4.74 Å². The van der Waals surface area contributed by atoms with Gasteiger partial charge in [0.15, 0.2) is 0 Å². The summed E-state index contributed by atoms with van der Waals surface area (Å²) >= 11 is 0. The molecule has 0 aromatic heterocycles. The minimum atomic E-state index is 0.382. The zero-order chi connectivity index (χ0) is 12.7. The number of hydrogen-bond acceptors (Lipinski definition) is 2. The molecule has 2 unspecified atom stereocenters. The summed E-state index contributed by atoms with van der Waals surface area (Å²) in [7, 11) is 0. The van der Waals surface area contributed by atoms with Crippen molar-refractivity contribution in [2.75, 3.05) is 6.61 Å². The van der Waals surface area contributed by atoms with Crippen molar-refractivity contribution in [1.82, 2.24) is 0 Å². The van der Waals surface area contributed by atoms with Crippen LogP contribution in [-0.2, 0) is 4.74 Å². The monoisotopic (exact) mass is 237 g/mol. The Balaban J connectivity index is 2.61. The molecule has 0 radical (unpaired) electrons. The molecular formula is C15H27NO. The zero-order valence-corrected chi connectivity index (χ0v) is 11.6. The van der Waals surface area contributed by atoms with Crippen molar-refractivity contribution in [3.05, 3.63) is 11.1 Å². The summed E-state index contributed by atoms with van der Waals surface area (Å²) in [6.07, 6.45) is 8.89. The summed E-state index contributed by atoms with van der Waals surface area (Å²) in [5, 5.41) is 7.56. The summed E-state index contributed by atoms with van der Waals surface area (Å²) in [6, 6.07) is 0. The smallest absolute Gasteiger partial charge is 0.0578 e. The van der Waals surface area contributed by atoms with Crippen LogP contribution in [0.4, 0.5) is 0 Å². The molecule has 1 fully saturated rings. The first-order chi connectivity index (χ1) is 8.19. The minimum absolute atomic E-state index is 0.382. The van der Waals surface area contributed by atoms with Gasteiger partial charge in [0.25, 0.3) is 0 Å². The van der Waals surface area contributed by atoms with Gasteiger partial charge in [-0.3, -0.25) is 0 Å². The van der Waals surface area contributed by atoms with E-state index < -0.39 is 0 Å². The highest BCUT2D eigenvalue weighted by Crippen LogP contribution is 2.29. The van der Waals surface area contributed by atoms with Crippen LogP contribution in [0.1, 0.15) is 59.3 Å². The molecular weight excluding hydrogens is 210 g/mol. The normalized spacial score (nSPS) is 26.2. The molecule has 1 aliphatic rings. The van der Waals surface area contributed by atoms with Crippen molar-refractivity contribution in [3.8, 4) is 0 Å². The Morgan fingerprint density at radius 1 is 1.35 bits per heavy atom. The minimum Gasteiger partial charge on any atom is -0.378 e. The molecule has 0 aliphatic heterocycles. The maximum Gasteiger partial charge on any atom is 0.0578 e. The lowest BCUT2D eigenvalue weighted by Crippen LogP contribution is -2.19. The molecule has 0 aromatic rings. The van der Waals surface area contributed by atoms with E-state index in [1.54, 1.807) is 6.21 Å². The van der Waals surface area contributed by atoms with Crippen molar-refractivity contribution in [3.63, 3.8) is 0 Å². The van der Waals surface area contributed by atoms with Crippen LogP contribution in [0.15, 0.2) is 11.1 Å². The number of allylic oxidation sites excluding steroid dienone is 2. The Morgan fingerprint density at radius 3 is 2.71 bits per heavy atom. The van der Waals surface area contributed by atoms with E-state index in [1.165, 1.54) is 24.0 Å². The fourth-order valence-corrected chi connectivity index (χ4v) is 2.64. The molecule has 0 spiro atoms. The van der Waals surface area contributed by atoms with Gasteiger partial charge >= 0.3 is 0 Å². The molecule has 2 heteroatoms. The molecule has 1 N–H and O–H groups in total. The predicted molar refractivity (Wildman–Crippen MR) is 73.8 cm³/mol. The average molecular weight is 237 g/mol. The highest BCUT2D eigenvalue weighted by atomic mass is 16.5. The lowest BCUT2D eigenvalue weighted by Gasteiger charge is -2.26. The van der Waals surface area contributed by atoms with Gasteiger partial charge in [-0.2, -0.15) is 0 Å². The first-order valence-electron chi connectivity index (χ1n) is 6.97. The highest BCUT2D eigenvalue weighted by Gasteiger charge is 2.20. The fourth-order valence-electron chi connectivity index (χ4n) is 2.64. The highest BCUT2D eigenvalue weighted by molar-refractivity contribution is 5.62. The number of hydrogen-bond donors (Lipinski definition) is 1. The predicted octanol–water partition coefficient (Wildman–Crippen LogP) is 4.35. The van der Waals surface area contributed by atoms with Gasteiger partial charge < -0.3 is 10.1 Å². The first-order valence-corrected chi connectivity index (χ1v) is 6.97. The van der Waals surface area contributed by atoms with Crippen LogP contribution in [0.5, 0.6) is 0 Å². The molecule has 0 amide bonds. The quantitative estimate of drug-likeness (QED) is 0.572. The van der Waals surface area contributed by atoms with E-state index in [1.807, 2.05) is 0 Å². The van der Waals surface area contributed by atoms with Crippen molar-refractivity contribution in [2.45, 2.75) is 65.4 Å². The van der Waals surface area contributed by atoms with Crippen LogP contribution in [0, 0.1) is 11.3 Å². The van der Waals surface area contributed by atoms with E-state index in [9.17, 15) is 0 Å². The Morgan fingerprint density at radius 2 is 2.12 bits per heavy atom. The lowest BCUT2D eigenvalue weighted by molar-refractivity contribution is 0.0380. The second-order valence-electron chi connectivity index (χ2n) is 5.26. The van der Waals surface area contributed by atoms with E-state index >= 15 is 0 Å². The SMILES string of the molecule is CCCOC1CCCC(C=N)C(=C(C)C)CC1. The maximum atomic E-state index is 7.56. The molecule has 0 bridgehead atoms. The van der Waals surface area contributed by atoms with Gasteiger partial charge in [-0.1, -0.05) is 18.1 Å². The van der Waals surface area contributed by atoms with E-state index in [0.717, 1.165) is 32.3 Å². The largest absolute Gasteiger partial charge is 0.378 e. The Labute approximate surface area is 106 Å². The van der Waals surface area contributed by atoms with Crippen LogP contribution in [0.25, 0.3) is 0 Å². The van der Waals surface area contributed by atoms with Gasteiger partial charge in [-0.15, -0.1) is 0 Å². The van der Waals surface area contributed by atoms with Gasteiger partial charge in [-0.25, -0.2) is 0 Å². The number of ether oxygens (including phenoxy) is 1. The summed E-state index contributed by atoms with van der Waals surface area (Å²) in [5.74, 6) is 0.382. The third-order valence-electron chi connectivity index (χ3n) is 3.63. The third kappa shape index (κ3) is 4.63. The van der Waals surface area contributed by atoms with Gasteiger partial charge in [0.05, 0.1) is 6.10 Å². The van der Waals surface area contributed by atoms with E-state index in [-0.39, 0.29) is 0 Å². The first kappa shape index (κ1) is 14.4. The third-order valence-corrected chi connectivity index (χ3v) is 3.63. The molecule has 0 aromatic carbocycles. The average Bonchev–Trinajstić information content (AvgIpc) is 2.27. The Bertz CT molecular complexity index is 266. The molecule has 1 saturated carbocycles. The number of nitrogens with one attached hydrogen (secondary N) is 1. The fraction of sp³-hybridized carbons (Fsp3) is 0.800. The van der Waals surface area contributed by atoms with Gasteiger partial charge in [0, 0.05) is 18.7 Å². The number of rotatable bonds is 4. The summed E-state index contributed by atoms with van der Waals surface area (Å²) in [6.45, 7) is 7.41. The van der Waals surface area contributed by atoms with Gasteiger partial charge in [0.1, 0.15) is 0 Å². The Hall–Kier alpha value is -0.630. The maximum absolute atomic E-state index is 7.56. The van der Waals surface area contributed by atoms with Crippen molar-refractivity contribution in [2.24, 2.45) is 5.92 Å². The van der Waals surface area contributed by atoms with Crippen LogP contribution >= 0.6 is 0 Å². The second-order valence-corrected chi connectivity index (χ2v) is 5.26. The van der Waals surface area contributed by atoms with Gasteiger partial charge in [-0.05, 0) is 52.4 Å². The molecule has 17 heavy (non-hydrogen) atoms. The summed E-state index contributed by atoms with van der Waals surface area (Å²) in [5.41, 5.74) is 2.87. The van der Waals surface area contributed by atoms with Crippen LogP contribution < -0.4 is 0 Å². The van der Waals surface area contributed by atoms with Crippen LogP contribution in [-0.4, -0.2) is 18.9 Å². The van der Waals surface area contributed by atoms with E-state index in [4.69, 9.17) is 10.1 Å². The molecule has 2 atom stereocenters. The molecule has 0 saturated heterocycles. The molecule has 2 nitrogen and oxygen atoms in total. The zero-order valence-electron chi connectivity index (χ0n) is 11.6. The van der Waals surface area contributed by atoms with Crippen LogP contribution in [0.2, 0.25) is 0 Å². The van der Waals surface area contributed by atoms with E-state index in [0.29, 0.717) is 12.0 Å². The van der Waals surface area contributed by atoms with Crippen molar-refractivity contribution in [1.29, 1.82) is 5.41 Å². The standard InChI is InChI=1S/C15H27NO/c1-4-10-17-14-7-5-6-13(11-16)15(9-8-14)12(2)3/h11,13-14,16H,4-10H2,1-3H3. The summed E-state index contributed by atoms with van der Waals surface area (Å²) in [4.78, 5) is 0. The molecule has 1 aliphatic carbocycles. The molecule has 98 valence electrons. The summed E-state index contributed by atoms with van der Waals surface area (Å²) < 4.78 is 5.88. The van der Waals surface area contributed by atoms with Gasteiger partial charge in [0.2, 0.25) is 0 Å². The van der Waals surface area contributed by atoms with Crippen LogP contribution in [0.3, 0.4) is 0 Å². The Kier molecular flexibility index (Phi) is 6.49. The lowest BCUT2D eigenvalue weighted by atomic mass is 9.84. The second kappa shape index (κ2) is 7.65.